The number of benzene rings is 1. The maximum Gasteiger partial charge on any atom is 0.299 e. The predicted molar refractivity (Wildman–Crippen MR) is 73.7 cm³/mol. The number of piperidine rings is 1. The summed E-state index contributed by atoms with van der Waals surface area (Å²) in [6, 6.07) is 3.78. The van der Waals surface area contributed by atoms with Crippen LogP contribution in [0.25, 0.3) is 0 Å². The summed E-state index contributed by atoms with van der Waals surface area (Å²) >= 11 is 0. The molecule has 8 nitrogen and oxygen atoms in total. The topological polar surface area (TPSA) is 116 Å². The smallest absolute Gasteiger partial charge is 0.299 e. The lowest BCUT2D eigenvalue weighted by molar-refractivity contribution is -0.393. The number of non-ortho nitro benzene ring substituents is 1. The van der Waals surface area contributed by atoms with E-state index in [1.165, 1.54) is 12.1 Å². The largest absolute Gasteiger partial charge is 0.366 e. The van der Waals surface area contributed by atoms with E-state index >= 15 is 0 Å². The lowest BCUT2D eigenvalue weighted by Gasteiger charge is -2.32. The molecule has 20 heavy (non-hydrogen) atoms. The molecule has 8 heteroatoms. The van der Waals surface area contributed by atoms with Gasteiger partial charge in [0.1, 0.15) is 5.69 Å². The van der Waals surface area contributed by atoms with Crippen molar-refractivity contribution in [1.29, 1.82) is 0 Å². The Balaban J connectivity index is 2.27. The van der Waals surface area contributed by atoms with E-state index in [2.05, 4.69) is 0 Å². The maximum atomic E-state index is 11.1. The highest BCUT2D eigenvalue weighted by atomic mass is 16.6. The third-order valence-electron chi connectivity index (χ3n) is 3.66. The van der Waals surface area contributed by atoms with E-state index in [-0.39, 0.29) is 11.4 Å². The van der Waals surface area contributed by atoms with Crippen LogP contribution in [0.2, 0.25) is 0 Å². The van der Waals surface area contributed by atoms with Gasteiger partial charge in [0.15, 0.2) is 0 Å². The first kappa shape index (κ1) is 14.2. The molecule has 0 spiro atoms. The molecular weight excluding hydrogens is 264 g/mol. The fraction of sp³-hybridized carbons (Fsp3) is 0.500. The molecule has 1 aromatic carbocycles. The van der Waals surface area contributed by atoms with E-state index in [0.29, 0.717) is 31.2 Å². The van der Waals surface area contributed by atoms with Gasteiger partial charge in [0.2, 0.25) is 0 Å². The summed E-state index contributed by atoms with van der Waals surface area (Å²) < 4.78 is 0. The number of nitrogens with zero attached hydrogens (tertiary/aromatic N) is 3. The second-order valence-electron chi connectivity index (χ2n) is 4.85. The first-order chi connectivity index (χ1) is 9.52. The molecule has 0 unspecified atom stereocenters. The van der Waals surface area contributed by atoms with Crippen LogP contribution in [0.4, 0.5) is 17.1 Å². The van der Waals surface area contributed by atoms with Gasteiger partial charge < -0.3 is 10.6 Å². The van der Waals surface area contributed by atoms with Crippen molar-refractivity contribution < 1.29 is 9.85 Å². The van der Waals surface area contributed by atoms with Crippen LogP contribution >= 0.6 is 0 Å². The van der Waals surface area contributed by atoms with Crippen LogP contribution < -0.4 is 10.6 Å². The second kappa shape index (κ2) is 5.83. The molecule has 0 aromatic heterocycles. The molecule has 0 aliphatic carbocycles. The van der Waals surface area contributed by atoms with Crippen LogP contribution in [0.15, 0.2) is 18.2 Å². The summed E-state index contributed by atoms with van der Waals surface area (Å²) in [4.78, 5) is 22.5. The van der Waals surface area contributed by atoms with Crippen molar-refractivity contribution in [3.63, 3.8) is 0 Å². The van der Waals surface area contributed by atoms with E-state index in [1.807, 2.05) is 4.90 Å². The Bertz CT molecular complexity index is 526. The number of nitrogens with two attached hydrogens (primary N) is 1. The zero-order chi connectivity index (χ0) is 14.7. The van der Waals surface area contributed by atoms with Crippen LogP contribution in [-0.2, 0) is 0 Å². The van der Waals surface area contributed by atoms with Gasteiger partial charge in [-0.15, -0.1) is 0 Å². The SMILES string of the molecule is NCC1CCN(c2ccc([N+](=O)[O-])cc2[N+](=O)[O-])CC1. The Morgan fingerprint density at radius 3 is 2.35 bits per heavy atom. The second-order valence-corrected chi connectivity index (χ2v) is 4.85. The lowest BCUT2D eigenvalue weighted by atomic mass is 9.96. The van der Waals surface area contributed by atoms with Crippen LogP contribution in [0, 0.1) is 26.1 Å². The van der Waals surface area contributed by atoms with E-state index in [9.17, 15) is 20.2 Å². The fourth-order valence-corrected chi connectivity index (χ4v) is 2.45. The summed E-state index contributed by atoms with van der Waals surface area (Å²) in [7, 11) is 0. The first-order valence-electron chi connectivity index (χ1n) is 6.40. The normalized spacial score (nSPS) is 16.1. The molecule has 2 N–H and O–H groups in total. The number of nitro benzene ring substituents is 2. The molecule has 1 aromatic rings. The van der Waals surface area contributed by atoms with Crippen molar-refractivity contribution in [2.24, 2.45) is 11.7 Å². The Morgan fingerprint density at radius 1 is 1.20 bits per heavy atom. The Hall–Kier alpha value is -2.22. The molecule has 1 saturated heterocycles. The van der Waals surface area contributed by atoms with Gasteiger partial charge in [-0.05, 0) is 31.4 Å². The molecular formula is C12H16N4O4. The van der Waals surface area contributed by atoms with Crippen LogP contribution in [0.5, 0.6) is 0 Å². The summed E-state index contributed by atoms with van der Waals surface area (Å²) in [5, 5.41) is 21.8. The Kier molecular flexibility index (Phi) is 4.14. The van der Waals surface area contributed by atoms with Gasteiger partial charge in [0.05, 0.1) is 15.9 Å². The quantitative estimate of drug-likeness (QED) is 0.662. The molecule has 0 radical (unpaired) electrons. The summed E-state index contributed by atoms with van der Waals surface area (Å²) in [5.74, 6) is 0.448. The Morgan fingerprint density at radius 2 is 1.85 bits per heavy atom. The number of anilines is 1. The summed E-state index contributed by atoms with van der Waals surface area (Å²) in [6.07, 6.45) is 1.76. The minimum absolute atomic E-state index is 0.217. The van der Waals surface area contributed by atoms with Gasteiger partial charge in [0.25, 0.3) is 11.4 Å². The monoisotopic (exact) mass is 280 g/mol. The van der Waals surface area contributed by atoms with Crippen LogP contribution in [-0.4, -0.2) is 29.5 Å². The highest BCUT2D eigenvalue weighted by molar-refractivity contribution is 5.67. The van der Waals surface area contributed by atoms with Crippen molar-refractivity contribution in [3.05, 3.63) is 38.4 Å². The molecule has 0 atom stereocenters. The molecule has 1 aliphatic rings. The van der Waals surface area contributed by atoms with E-state index in [4.69, 9.17) is 5.73 Å². The van der Waals surface area contributed by atoms with Gasteiger partial charge in [-0.3, -0.25) is 20.2 Å². The van der Waals surface area contributed by atoms with E-state index in [1.54, 1.807) is 0 Å². The number of rotatable bonds is 4. The van der Waals surface area contributed by atoms with Crippen molar-refractivity contribution in [3.8, 4) is 0 Å². The number of nitro groups is 2. The molecule has 0 saturated carbocycles. The van der Waals surface area contributed by atoms with Gasteiger partial charge in [-0.1, -0.05) is 0 Å². The highest BCUT2D eigenvalue weighted by Crippen LogP contribution is 2.34. The average molecular weight is 280 g/mol. The van der Waals surface area contributed by atoms with Gasteiger partial charge >= 0.3 is 0 Å². The Labute approximate surface area is 115 Å². The zero-order valence-electron chi connectivity index (χ0n) is 10.9. The lowest BCUT2D eigenvalue weighted by Crippen LogP contribution is -2.36. The average Bonchev–Trinajstić information content (AvgIpc) is 2.46. The minimum atomic E-state index is -0.628. The summed E-state index contributed by atoms with van der Waals surface area (Å²) in [6.45, 7) is 1.98. The first-order valence-corrected chi connectivity index (χ1v) is 6.40. The molecule has 1 fully saturated rings. The summed E-state index contributed by atoms with van der Waals surface area (Å²) in [5.41, 5.74) is 5.57. The molecule has 0 bridgehead atoms. The van der Waals surface area contributed by atoms with Crippen molar-refractivity contribution in [2.45, 2.75) is 12.8 Å². The maximum absolute atomic E-state index is 11.1. The predicted octanol–water partition coefficient (Wildman–Crippen LogP) is 1.68. The van der Waals surface area contributed by atoms with Gasteiger partial charge in [0, 0.05) is 19.2 Å². The number of hydrogen-bond donors (Lipinski definition) is 1. The molecule has 108 valence electrons. The molecule has 0 amide bonds. The molecule has 1 heterocycles. The fourth-order valence-electron chi connectivity index (χ4n) is 2.45. The number of hydrogen-bond acceptors (Lipinski definition) is 6. The third kappa shape index (κ3) is 2.85. The molecule has 1 aliphatic heterocycles. The van der Waals surface area contributed by atoms with Gasteiger partial charge in [-0.25, -0.2) is 0 Å². The van der Waals surface area contributed by atoms with Crippen LogP contribution in [0.1, 0.15) is 12.8 Å². The van der Waals surface area contributed by atoms with Crippen molar-refractivity contribution in [2.75, 3.05) is 24.5 Å². The van der Waals surface area contributed by atoms with E-state index < -0.39 is 9.85 Å². The third-order valence-corrected chi connectivity index (χ3v) is 3.66. The van der Waals surface area contributed by atoms with Crippen molar-refractivity contribution in [1.82, 2.24) is 0 Å². The zero-order valence-corrected chi connectivity index (χ0v) is 10.9. The van der Waals surface area contributed by atoms with Crippen molar-refractivity contribution >= 4 is 17.1 Å². The van der Waals surface area contributed by atoms with Crippen LogP contribution in [0.3, 0.4) is 0 Å². The molecule has 2 rings (SSSR count). The van der Waals surface area contributed by atoms with Gasteiger partial charge in [-0.2, -0.15) is 0 Å². The standard InChI is InChI=1S/C12H16N4O4/c13-8-9-3-5-14(6-4-9)11-2-1-10(15(17)18)7-12(11)16(19)20/h1-2,7,9H,3-6,8,13H2. The highest BCUT2D eigenvalue weighted by Gasteiger charge is 2.26. The minimum Gasteiger partial charge on any atom is -0.366 e. The van der Waals surface area contributed by atoms with E-state index in [0.717, 1.165) is 18.9 Å².